The molecule has 7 nitrogen and oxygen atoms in total. The van der Waals surface area contributed by atoms with Crippen LogP contribution in [-0.2, 0) is 6.42 Å². The Morgan fingerprint density at radius 1 is 0.917 bits per heavy atom. The molecule has 0 radical (unpaired) electrons. The number of nitrogens with one attached hydrogen (secondary N) is 2. The van der Waals surface area contributed by atoms with Crippen LogP contribution < -0.4 is 10.6 Å². The highest BCUT2D eigenvalue weighted by atomic mass is 15.1. The largest absolute Gasteiger partial charge is 0.368 e. The van der Waals surface area contributed by atoms with Crippen molar-refractivity contribution in [1.82, 2.24) is 24.9 Å². The number of pyridine rings is 1. The van der Waals surface area contributed by atoms with Crippen LogP contribution in [0.1, 0.15) is 12.6 Å². The molecule has 0 amide bonds. The van der Waals surface area contributed by atoms with Gasteiger partial charge in [-0.25, -0.2) is 19.9 Å². The molecule has 0 spiro atoms. The van der Waals surface area contributed by atoms with Crippen molar-refractivity contribution in [3.63, 3.8) is 0 Å². The minimum Gasteiger partial charge on any atom is -0.368 e. The van der Waals surface area contributed by atoms with E-state index < -0.39 is 0 Å². The highest BCUT2D eigenvalue weighted by Gasteiger charge is 2.06. The maximum atomic E-state index is 4.59. The smallest absolute Gasteiger partial charge is 0.222 e. The van der Waals surface area contributed by atoms with Crippen LogP contribution in [0.15, 0.2) is 49.1 Å². The van der Waals surface area contributed by atoms with Crippen molar-refractivity contribution in [2.75, 3.05) is 23.7 Å². The Bertz CT molecular complexity index is 762. The van der Waals surface area contributed by atoms with E-state index in [1.807, 2.05) is 18.2 Å². The van der Waals surface area contributed by atoms with Gasteiger partial charge in [-0.2, -0.15) is 0 Å². The molecule has 3 rings (SSSR count). The van der Waals surface area contributed by atoms with E-state index in [0.29, 0.717) is 24.9 Å². The van der Waals surface area contributed by atoms with Crippen LogP contribution in [0, 0.1) is 0 Å². The number of aromatic nitrogens is 5. The molecule has 3 aromatic heterocycles. The normalized spacial score (nSPS) is 10.4. The Labute approximate surface area is 140 Å². The third-order valence-electron chi connectivity index (χ3n) is 3.36. The zero-order chi connectivity index (χ0) is 16.6. The zero-order valence-corrected chi connectivity index (χ0v) is 13.5. The maximum absolute atomic E-state index is 4.59. The fraction of sp³-hybridized carbons (Fsp3) is 0.235. The first-order valence-corrected chi connectivity index (χ1v) is 7.88. The lowest BCUT2D eigenvalue weighted by atomic mass is 10.2. The van der Waals surface area contributed by atoms with Crippen molar-refractivity contribution in [1.29, 1.82) is 0 Å². The topological polar surface area (TPSA) is 88.5 Å². The third-order valence-corrected chi connectivity index (χ3v) is 3.36. The van der Waals surface area contributed by atoms with Gasteiger partial charge in [0, 0.05) is 55.2 Å². The molecule has 3 heterocycles. The second-order valence-corrected chi connectivity index (χ2v) is 5.08. The van der Waals surface area contributed by atoms with Gasteiger partial charge in [-0.05, 0) is 24.6 Å². The van der Waals surface area contributed by atoms with Gasteiger partial charge >= 0.3 is 0 Å². The number of aryl methyl sites for hydroxylation is 1. The molecule has 0 aliphatic heterocycles. The van der Waals surface area contributed by atoms with Crippen LogP contribution in [0.2, 0.25) is 0 Å². The summed E-state index contributed by atoms with van der Waals surface area (Å²) in [5.41, 5.74) is 1.96. The summed E-state index contributed by atoms with van der Waals surface area (Å²) < 4.78 is 0. The van der Waals surface area contributed by atoms with Crippen LogP contribution >= 0.6 is 0 Å². The molecule has 0 aliphatic carbocycles. The van der Waals surface area contributed by atoms with Gasteiger partial charge in [0.2, 0.25) is 5.95 Å². The van der Waals surface area contributed by atoms with Crippen molar-refractivity contribution in [3.8, 4) is 11.4 Å². The van der Waals surface area contributed by atoms with Crippen molar-refractivity contribution >= 4 is 11.8 Å². The Morgan fingerprint density at radius 2 is 1.67 bits per heavy atom. The summed E-state index contributed by atoms with van der Waals surface area (Å²) in [4.78, 5) is 21.5. The lowest BCUT2D eigenvalue weighted by Crippen LogP contribution is -2.16. The predicted octanol–water partition coefficient (Wildman–Crippen LogP) is 2.42. The molecule has 0 saturated carbocycles. The van der Waals surface area contributed by atoms with Gasteiger partial charge in [0.05, 0.1) is 0 Å². The van der Waals surface area contributed by atoms with Gasteiger partial charge < -0.3 is 10.6 Å². The molecule has 0 unspecified atom stereocenters. The van der Waals surface area contributed by atoms with E-state index in [-0.39, 0.29) is 0 Å². The number of rotatable bonds is 7. The monoisotopic (exact) mass is 321 g/mol. The highest BCUT2D eigenvalue weighted by molar-refractivity contribution is 5.56. The molecule has 0 bridgehead atoms. The molecule has 7 heteroatoms. The second kappa shape index (κ2) is 7.96. The van der Waals surface area contributed by atoms with Crippen molar-refractivity contribution in [2.24, 2.45) is 0 Å². The van der Waals surface area contributed by atoms with Crippen LogP contribution in [0.4, 0.5) is 11.8 Å². The summed E-state index contributed by atoms with van der Waals surface area (Å²) in [6.45, 7) is 3.48. The fourth-order valence-electron chi connectivity index (χ4n) is 2.15. The first-order chi connectivity index (χ1) is 11.8. The number of anilines is 2. The summed E-state index contributed by atoms with van der Waals surface area (Å²) in [7, 11) is 0. The average molecular weight is 321 g/mol. The SMILES string of the molecule is CCc1cc(NCCNc2ncccn2)nc(-c2ccncc2)n1. The Kier molecular flexibility index (Phi) is 5.24. The molecule has 2 N–H and O–H groups in total. The summed E-state index contributed by atoms with van der Waals surface area (Å²) in [6.07, 6.45) is 7.76. The van der Waals surface area contributed by atoms with E-state index in [9.17, 15) is 0 Å². The quantitative estimate of drug-likeness (QED) is 0.646. The van der Waals surface area contributed by atoms with Gasteiger partial charge in [-0.1, -0.05) is 6.92 Å². The highest BCUT2D eigenvalue weighted by Crippen LogP contribution is 2.17. The summed E-state index contributed by atoms with van der Waals surface area (Å²) in [5, 5.41) is 6.47. The number of hydrogen-bond donors (Lipinski definition) is 2. The van der Waals surface area contributed by atoms with E-state index in [1.165, 1.54) is 0 Å². The minimum absolute atomic E-state index is 0.619. The van der Waals surface area contributed by atoms with Gasteiger partial charge in [-0.15, -0.1) is 0 Å². The van der Waals surface area contributed by atoms with E-state index in [1.54, 1.807) is 30.9 Å². The summed E-state index contributed by atoms with van der Waals surface area (Å²) in [5.74, 6) is 2.14. The Morgan fingerprint density at radius 3 is 2.42 bits per heavy atom. The molecule has 0 atom stereocenters. The van der Waals surface area contributed by atoms with Gasteiger partial charge in [-0.3, -0.25) is 4.98 Å². The van der Waals surface area contributed by atoms with E-state index in [0.717, 1.165) is 23.5 Å². The molecular weight excluding hydrogens is 302 g/mol. The molecule has 0 fully saturated rings. The second-order valence-electron chi connectivity index (χ2n) is 5.08. The molecule has 3 aromatic rings. The summed E-state index contributed by atoms with van der Waals surface area (Å²) >= 11 is 0. The number of nitrogens with zero attached hydrogens (tertiary/aromatic N) is 5. The first-order valence-electron chi connectivity index (χ1n) is 7.88. The minimum atomic E-state index is 0.619. The van der Waals surface area contributed by atoms with Crippen LogP contribution in [0.5, 0.6) is 0 Å². The molecule has 0 saturated heterocycles. The van der Waals surface area contributed by atoms with E-state index >= 15 is 0 Å². The molecule has 0 aromatic carbocycles. The Balaban J connectivity index is 1.64. The van der Waals surface area contributed by atoms with Gasteiger partial charge in [0.25, 0.3) is 0 Å². The van der Waals surface area contributed by atoms with Crippen molar-refractivity contribution < 1.29 is 0 Å². The van der Waals surface area contributed by atoms with Crippen molar-refractivity contribution in [3.05, 3.63) is 54.7 Å². The maximum Gasteiger partial charge on any atom is 0.222 e. The van der Waals surface area contributed by atoms with Crippen LogP contribution in [-0.4, -0.2) is 38.0 Å². The average Bonchev–Trinajstić information content (AvgIpc) is 2.66. The molecule has 24 heavy (non-hydrogen) atoms. The van der Waals surface area contributed by atoms with Gasteiger partial charge in [0.1, 0.15) is 5.82 Å². The lowest BCUT2D eigenvalue weighted by molar-refractivity contribution is 0.980. The van der Waals surface area contributed by atoms with Gasteiger partial charge in [0.15, 0.2) is 5.82 Å². The van der Waals surface area contributed by atoms with E-state index in [4.69, 9.17) is 0 Å². The molecule has 0 aliphatic rings. The molecule has 122 valence electrons. The third kappa shape index (κ3) is 4.22. The Hall–Kier alpha value is -3.09. The van der Waals surface area contributed by atoms with Crippen LogP contribution in [0.25, 0.3) is 11.4 Å². The number of hydrogen-bond acceptors (Lipinski definition) is 7. The van der Waals surface area contributed by atoms with Crippen molar-refractivity contribution in [2.45, 2.75) is 13.3 Å². The van der Waals surface area contributed by atoms with Crippen LogP contribution in [0.3, 0.4) is 0 Å². The predicted molar refractivity (Wildman–Crippen MR) is 93.7 cm³/mol. The lowest BCUT2D eigenvalue weighted by Gasteiger charge is -2.10. The zero-order valence-electron chi connectivity index (χ0n) is 13.5. The fourth-order valence-corrected chi connectivity index (χ4v) is 2.15. The first kappa shape index (κ1) is 15.8. The molecular formula is C17H19N7. The van der Waals surface area contributed by atoms with E-state index in [2.05, 4.69) is 42.5 Å². The standard InChI is InChI=1S/C17H19N7/c1-2-14-12-15(19-10-11-22-17-20-6-3-7-21-17)24-16(23-14)13-4-8-18-9-5-13/h3-9,12H,2,10-11H2,1H3,(H,19,23,24)(H,20,21,22). The summed E-state index contributed by atoms with van der Waals surface area (Å²) in [6, 6.07) is 7.58.